The van der Waals surface area contributed by atoms with E-state index < -0.39 is 21.7 Å². The van der Waals surface area contributed by atoms with Crippen molar-refractivity contribution in [1.82, 2.24) is 0 Å². The number of hydrogen-bond donors (Lipinski definition) is 1. The molecule has 1 aromatic carbocycles. The Kier molecular flexibility index (Phi) is 2.47. The number of non-ortho nitro benzene ring substituents is 1. The van der Waals surface area contributed by atoms with E-state index in [4.69, 9.17) is 5.73 Å². The van der Waals surface area contributed by atoms with Gasteiger partial charge in [-0.05, 0) is 32.8 Å². The van der Waals surface area contributed by atoms with Crippen LogP contribution in [0.4, 0.5) is 10.1 Å². The van der Waals surface area contributed by atoms with Gasteiger partial charge in [-0.2, -0.15) is 0 Å². The van der Waals surface area contributed by atoms with Crippen molar-refractivity contribution < 1.29 is 9.31 Å². The second-order valence-corrected chi connectivity index (χ2v) is 5.23. The van der Waals surface area contributed by atoms with Crippen molar-refractivity contribution in [2.75, 3.05) is 0 Å². The first-order valence-corrected chi connectivity index (χ1v) is 5.51. The quantitative estimate of drug-likeness (QED) is 0.649. The Balaban J connectivity index is 2.52. The molecule has 1 aliphatic rings. The number of halogens is 1. The van der Waals surface area contributed by atoms with E-state index in [1.54, 1.807) is 0 Å². The smallest absolute Gasteiger partial charge is 0.269 e. The minimum atomic E-state index is -0.580. The standard InChI is InChI=1S/C12H15FN2O2/c1-11(2,14)12(5-6-12)9-7-8(15(16)17)3-4-10(9)13/h3-4,7H,5-6,14H2,1-2H3. The van der Waals surface area contributed by atoms with Gasteiger partial charge in [-0.3, -0.25) is 10.1 Å². The molecule has 1 saturated carbocycles. The Bertz CT molecular complexity index is 476. The lowest BCUT2D eigenvalue weighted by Gasteiger charge is -2.31. The van der Waals surface area contributed by atoms with Crippen LogP contribution in [0.3, 0.4) is 0 Å². The molecule has 0 amide bonds. The zero-order chi connectivity index (χ0) is 12.8. The predicted octanol–water partition coefficient (Wildman–Crippen LogP) is 2.50. The summed E-state index contributed by atoms with van der Waals surface area (Å²) < 4.78 is 13.8. The van der Waals surface area contributed by atoms with Crippen LogP contribution >= 0.6 is 0 Å². The third-order valence-electron chi connectivity index (χ3n) is 3.66. The highest BCUT2D eigenvalue weighted by Crippen LogP contribution is 2.55. The van der Waals surface area contributed by atoms with Crippen molar-refractivity contribution in [1.29, 1.82) is 0 Å². The van der Waals surface area contributed by atoms with Gasteiger partial charge in [0.15, 0.2) is 0 Å². The molecule has 0 aliphatic heterocycles. The molecule has 0 unspecified atom stereocenters. The average Bonchev–Trinajstić information content (AvgIpc) is 2.97. The fraction of sp³-hybridized carbons (Fsp3) is 0.500. The molecule has 0 atom stereocenters. The van der Waals surface area contributed by atoms with E-state index in [-0.39, 0.29) is 5.69 Å². The maximum atomic E-state index is 13.8. The number of benzene rings is 1. The summed E-state index contributed by atoms with van der Waals surface area (Å²) in [5, 5.41) is 10.7. The summed E-state index contributed by atoms with van der Waals surface area (Å²) in [6.07, 6.45) is 1.54. The SMILES string of the molecule is CC(C)(N)C1(c2cc([N+](=O)[O-])ccc2F)CC1. The van der Waals surface area contributed by atoms with Crippen LogP contribution < -0.4 is 5.73 Å². The van der Waals surface area contributed by atoms with Crippen LogP contribution in [0.5, 0.6) is 0 Å². The lowest BCUT2D eigenvalue weighted by Crippen LogP contribution is -2.45. The minimum Gasteiger partial charge on any atom is -0.325 e. The van der Waals surface area contributed by atoms with Crippen molar-refractivity contribution in [3.63, 3.8) is 0 Å². The van der Waals surface area contributed by atoms with E-state index in [9.17, 15) is 14.5 Å². The molecule has 0 saturated heterocycles. The van der Waals surface area contributed by atoms with Gasteiger partial charge >= 0.3 is 0 Å². The number of nitrogens with two attached hydrogens (primary N) is 1. The van der Waals surface area contributed by atoms with Gasteiger partial charge in [-0.1, -0.05) is 0 Å². The summed E-state index contributed by atoms with van der Waals surface area (Å²) in [4.78, 5) is 10.2. The third kappa shape index (κ3) is 1.80. The maximum Gasteiger partial charge on any atom is 0.269 e. The second kappa shape index (κ2) is 3.50. The van der Waals surface area contributed by atoms with Crippen LogP contribution in [0.25, 0.3) is 0 Å². The molecule has 5 heteroatoms. The predicted molar refractivity (Wildman–Crippen MR) is 62.2 cm³/mol. The summed E-state index contributed by atoms with van der Waals surface area (Å²) in [5.74, 6) is -0.411. The van der Waals surface area contributed by atoms with Gasteiger partial charge in [-0.25, -0.2) is 4.39 Å². The molecule has 17 heavy (non-hydrogen) atoms. The minimum absolute atomic E-state index is 0.0862. The Morgan fingerprint density at radius 1 is 1.47 bits per heavy atom. The van der Waals surface area contributed by atoms with Crippen LogP contribution in [0.15, 0.2) is 18.2 Å². The Hall–Kier alpha value is -1.49. The van der Waals surface area contributed by atoms with Gasteiger partial charge < -0.3 is 5.73 Å². The number of nitrogens with zero attached hydrogens (tertiary/aromatic N) is 1. The van der Waals surface area contributed by atoms with Crippen LogP contribution in [0.2, 0.25) is 0 Å². The van der Waals surface area contributed by atoms with Crippen molar-refractivity contribution in [2.45, 2.75) is 37.6 Å². The van der Waals surface area contributed by atoms with E-state index in [1.165, 1.54) is 12.1 Å². The molecular weight excluding hydrogens is 223 g/mol. The molecule has 1 aromatic rings. The molecule has 4 nitrogen and oxygen atoms in total. The Labute approximate surface area is 98.8 Å². The van der Waals surface area contributed by atoms with Crippen molar-refractivity contribution in [2.24, 2.45) is 5.73 Å². The molecule has 1 fully saturated rings. The van der Waals surface area contributed by atoms with Crippen LogP contribution in [-0.2, 0) is 5.41 Å². The highest BCUT2D eigenvalue weighted by Gasteiger charge is 2.55. The maximum absolute atomic E-state index is 13.8. The number of hydrogen-bond acceptors (Lipinski definition) is 3. The number of nitro groups is 1. The molecule has 0 aromatic heterocycles. The molecule has 0 spiro atoms. The van der Waals surface area contributed by atoms with Crippen LogP contribution in [0, 0.1) is 15.9 Å². The van der Waals surface area contributed by atoms with Crippen LogP contribution in [-0.4, -0.2) is 10.5 Å². The fourth-order valence-corrected chi connectivity index (χ4v) is 2.38. The topological polar surface area (TPSA) is 69.2 Å². The van der Waals surface area contributed by atoms with Gasteiger partial charge in [0.05, 0.1) is 4.92 Å². The van der Waals surface area contributed by atoms with Crippen molar-refractivity contribution >= 4 is 5.69 Å². The first-order valence-electron chi connectivity index (χ1n) is 5.51. The average molecular weight is 238 g/mol. The van der Waals surface area contributed by atoms with Crippen molar-refractivity contribution in [3.8, 4) is 0 Å². The van der Waals surface area contributed by atoms with E-state index >= 15 is 0 Å². The summed E-state index contributed by atoms with van der Waals surface area (Å²) in [6, 6.07) is 3.65. The molecule has 0 heterocycles. The molecule has 2 rings (SSSR count). The van der Waals surface area contributed by atoms with E-state index in [0.717, 1.165) is 18.9 Å². The fourth-order valence-electron chi connectivity index (χ4n) is 2.38. The first-order chi connectivity index (χ1) is 7.78. The molecule has 92 valence electrons. The Morgan fingerprint density at radius 2 is 2.06 bits per heavy atom. The summed E-state index contributed by atoms with van der Waals surface area (Å²) in [7, 11) is 0. The third-order valence-corrected chi connectivity index (χ3v) is 3.66. The lowest BCUT2D eigenvalue weighted by molar-refractivity contribution is -0.385. The molecule has 0 radical (unpaired) electrons. The molecular formula is C12H15FN2O2. The number of rotatable bonds is 3. The normalized spacial score (nSPS) is 17.9. The molecule has 0 bridgehead atoms. The second-order valence-electron chi connectivity index (χ2n) is 5.23. The van der Waals surface area contributed by atoms with Crippen molar-refractivity contribution in [3.05, 3.63) is 39.7 Å². The van der Waals surface area contributed by atoms with Gasteiger partial charge in [0.1, 0.15) is 5.82 Å². The monoisotopic (exact) mass is 238 g/mol. The zero-order valence-electron chi connectivity index (χ0n) is 9.87. The van der Waals surface area contributed by atoms with Gasteiger partial charge in [0, 0.05) is 28.7 Å². The first kappa shape index (κ1) is 12.0. The van der Waals surface area contributed by atoms with Gasteiger partial charge in [0.25, 0.3) is 5.69 Å². The Morgan fingerprint density at radius 3 is 2.47 bits per heavy atom. The summed E-state index contributed by atoms with van der Waals surface area (Å²) in [6.45, 7) is 3.66. The summed E-state index contributed by atoms with van der Waals surface area (Å²) in [5.41, 5.74) is 5.32. The molecule has 1 aliphatic carbocycles. The largest absolute Gasteiger partial charge is 0.325 e. The van der Waals surface area contributed by atoms with Gasteiger partial charge in [0.2, 0.25) is 0 Å². The molecule has 2 N–H and O–H groups in total. The van der Waals surface area contributed by atoms with Gasteiger partial charge in [-0.15, -0.1) is 0 Å². The van der Waals surface area contributed by atoms with Crippen LogP contribution in [0.1, 0.15) is 32.3 Å². The van der Waals surface area contributed by atoms with E-state index in [1.807, 2.05) is 13.8 Å². The highest BCUT2D eigenvalue weighted by atomic mass is 19.1. The highest BCUT2D eigenvalue weighted by molar-refractivity contribution is 5.44. The number of nitro benzene ring substituents is 1. The lowest BCUT2D eigenvalue weighted by atomic mass is 9.79. The van der Waals surface area contributed by atoms with E-state index in [2.05, 4.69) is 0 Å². The van der Waals surface area contributed by atoms with E-state index in [0.29, 0.717) is 5.56 Å². The summed E-state index contributed by atoms with van der Waals surface area (Å²) >= 11 is 0. The zero-order valence-corrected chi connectivity index (χ0v) is 9.87.